The molecule has 0 saturated carbocycles. The van der Waals surface area contributed by atoms with Gasteiger partial charge in [-0.05, 0) is 67.4 Å². The molecule has 0 saturated heterocycles. The lowest BCUT2D eigenvalue weighted by molar-refractivity contribution is -0.139. The molecule has 42 heavy (non-hydrogen) atoms. The number of nitrogens with one attached hydrogen (secondary N) is 1. The summed E-state index contributed by atoms with van der Waals surface area (Å²) in [5.74, 6) is -0.362. The molecule has 0 aliphatic carbocycles. The summed E-state index contributed by atoms with van der Waals surface area (Å²) in [6, 6.07) is 16.3. The zero-order valence-electron chi connectivity index (χ0n) is 24.0. The standard InChI is InChI=1S/C30H35Cl2N3O6S/c1-5-6-17-33-30(37)21(2)34(19-22-7-9-23(31)10-8-22)29(36)20-35(25-13-11-24(32)12-14-25)42(38,39)26-15-16-27(40-3)28(18-26)41-4/h7-16,18,21H,5-6,17,19-20H2,1-4H3,(H,33,37)/t21-/m0/s1. The van der Waals surface area contributed by atoms with Crippen molar-refractivity contribution in [1.29, 1.82) is 0 Å². The summed E-state index contributed by atoms with van der Waals surface area (Å²) in [5.41, 5.74) is 0.941. The molecule has 0 heterocycles. The molecule has 0 aromatic heterocycles. The fourth-order valence-electron chi connectivity index (χ4n) is 4.15. The second-order valence-electron chi connectivity index (χ2n) is 9.47. The first-order valence-corrected chi connectivity index (χ1v) is 15.5. The monoisotopic (exact) mass is 635 g/mol. The van der Waals surface area contributed by atoms with E-state index in [-0.39, 0.29) is 28.8 Å². The fraction of sp³-hybridized carbons (Fsp3) is 0.333. The molecular formula is C30H35Cl2N3O6S. The van der Waals surface area contributed by atoms with Crippen LogP contribution in [0.25, 0.3) is 0 Å². The van der Waals surface area contributed by atoms with Crippen LogP contribution < -0.4 is 19.1 Å². The minimum Gasteiger partial charge on any atom is -0.493 e. The van der Waals surface area contributed by atoms with Crippen LogP contribution in [0.4, 0.5) is 5.69 Å². The third-order valence-electron chi connectivity index (χ3n) is 6.60. The van der Waals surface area contributed by atoms with E-state index in [1.54, 1.807) is 31.2 Å². The zero-order valence-corrected chi connectivity index (χ0v) is 26.3. The van der Waals surface area contributed by atoms with E-state index >= 15 is 0 Å². The summed E-state index contributed by atoms with van der Waals surface area (Å²) in [4.78, 5) is 28.3. The first kappa shape index (κ1) is 33.0. The Bertz CT molecular complexity index is 1470. The van der Waals surface area contributed by atoms with Gasteiger partial charge in [0.15, 0.2) is 11.5 Å². The molecule has 12 heteroatoms. The predicted molar refractivity (Wildman–Crippen MR) is 165 cm³/mol. The minimum atomic E-state index is -4.31. The highest BCUT2D eigenvalue weighted by Crippen LogP contribution is 2.32. The number of anilines is 1. The van der Waals surface area contributed by atoms with Crippen LogP contribution in [0.2, 0.25) is 10.0 Å². The van der Waals surface area contributed by atoms with Crippen LogP contribution in [0.5, 0.6) is 11.5 Å². The molecule has 0 fully saturated rings. The number of hydrogen-bond donors (Lipinski definition) is 1. The van der Waals surface area contributed by atoms with E-state index in [0.29, 0.717) is 22.3 Å². The molecule has 0 radical (unpaired) electrons. The summed E-state index contributed by atoms with van der Waals surface area (Å²) in [7, 11) is -1.46. The maximum absolute atomic E-state index is 14.0. The maximum Gasteiger partial charge on any atom is 0.264 e. The Hall–Kier alpha value is -3.47. The van der Waals surface area contributed by atoms with E-state index in [1.165, 1.54) is 61.6 Å². The number of hydrogen-bond acceptors (Lipinski definition) is 6. The number of nitrogens with zero attached hydrogens (tertiary/aromatic N) is 2. The zero-order chi connectivity index (χ0) is 30.9. The summed E-state index contributed by atoms with van der Waals surface area (Å²) >= 11 is 12.1. The van der Waals surface area contributed by atoms with Crippen LogP contribution in [0.1, 0.15) is 32.3 Å². The van der Waals surface area contributed by atoms with Crippen molar-refractivity contribution < 1.29 is 27.5 Å². The van der Waals surface area contributed by atoms with E-state index in [9.17, 15) is 18.0 Å². The van der Waals surface area contributed by atoms with Gasteiger partial charge < -0.3 is 19.7 Å². The second kappa shape index (κ2) is 15.1. The lowest BCUT2D eigenvalue weighted by atomic mass is 10.1. The van der Waals surface area contributed by atoms with Crippen molar-refractivity contribution in [1.82, 2.24) is 10.2 Å². The Morgan fingerprint density at radius 1 is 0.905 bits per heavy atom. The molecule has 0 aliphatic heterocycles. The van der Waals surface area contributed by atoms with Gasteiger partial charge in [-0.1, -0.05) is 48.7 Å². The van der Waals surface area contributed by atoms with Crippen molar-refractivity contribution in [2.24, 2.45) is 0 Å². The van der Waals surface area contributed by atoms with E-state index < -0.39 is 28.5 Å². The summed E-state index contributed by atoms with van der Waals surface area (Å²) < 4.78 is 39.7. The third-order valence-corrected chi connectivity index (χ3v) is 8.87. The number of unbranched alkanes of at least 4 members (excludes halogenated alkanes) is 1. The highest BCUT2D eigenvalue weighted by molar-refractivity contribution is 7.92. The van der Waals surface area contributed by atoms with Crippen molar-refractivity contribution in [3.63, 3.8) is 0 Å². The van der Waals surface area contributed by atoms with Gasteiger partial charge in [0.25, 0.3) is 10.0 Å². The highest BCUT2D eigenvalue weighted by atomic mass is 35.5. The topological polar surface area (TPSA) is 105 Å². The van der Waals surface area contributed by atoms with Crippen LogP contribution in [-0.4, -0.2) is 58.5 Å². The highest BCUT2D eigenvalue weighted by Gasteiger charge is 2.33. The number of halogens is 2. The number of sulfonamides is 1. The third kappa shape index (κ3) is 8.30. The molecule has 3 rings (SSSR count). The average Bonchev–Trinajstić information content (AvgIpc) is 2.99. The smallest absolute Gasteiger partial charge is 0.264 e. The molecule has 2 amide bonds. The van der Waals surface area contributed by atoms with Crippen LogP contribution in [0.15, 0.2) is 71.6 Å². The van der Waals surface area contributed by atoms with Gasteiger partial charge in [-0.25, -0.2) is 8.42 Å². The van der Waals surface area contributed by atoms with E-state index in [2.05, 4.69) is 5.32 Å². The lowest BCUT2D eigenvalue weighted by Crippen LogP contribution is -2.51. The quantitative estimate of drug-likeness (QED) is 0.233. The van der Waals surface area contributed by atoms with Crippen molar-refractivity contribution >= 4 is 50.7 Å². The fourth-order valence-corrected chi connectivity index (χ4v) is 5.83. The van der Waals surface area contributed by atoms with Crippen LogP contribution in [0.3, 0.4) is 0 Å². The van der Waals surface area contributed by atoms with Gasteiger partial charge in [0.1, 0.15) is 12.6 Å². The Morgan fingerprint density at radius 2 is 1.50 bits per heavy atom. The number of carbonyl (C=O) groups excluding carboxylic acids is 2. The molecule has 3 aromatic rings. The molecule has 226 valence electrons. The Kier molecular flexibility index (Phi) is 11.9. The number of benzene rings is 3. The van der Waals surface area contributed by atoms with E-state index in [0.717, 1.165) is 22.7 Å². The van der Waals surface area contributed by atoms with Gasteiger partial charge in [-0.2, -0.15) is 0 Å². The average molecular weight is 637 g/mol. The van der Waals surface area contributed by atoms with Crippen LogP contribution >= 0.6 is 23.2 Å². The van der Waals surface area contributed by atoms with Crippen molar-refractivity contribution in [2.45, 2.75) is 44.2 Å². The first-order chi connectivity index (χ1) is 20.0. The number of carbonyl (C=O) groups is 2. The molecular weight excluding hydrogens is 601 g/mol. The van der Waals surface area contributed by atoms with Crippen LogP contribution in [0, 0.1) is 0 Å². The SMILES string of the molecule is CCCCNC(=O)[C@H](C)N(Cc1ccc(Cl)cc1)C(=O)CN(c1ccc(Cl)cc1)S(=O)(=O)c1ccc(OC)c(OC)c1. The van der Waals surface area contributed by atoms with E-state index in [1.807, 2.05) is 6.92 Å². The van der Waals surface area contributed by atoms with Gasteiger partial charge >= 0.3 is 0 Å². The summed E-state index contributed by atoms with van der Waals surface area (Å²) in [5, 5.41) is 3.78. The maximum atomic E-state index is 14.0. The molecule has 9 nitrogen and oxygen atoms in total. The van der Waals surface area contributed by atoms with Crippen molar-refractivity contribution in [3.8, 4) is 11.5 Å². The Balaban J connectivity index is 2.03. The first-order valence-electron chi connectivity index (χ1n) is 13.3. The normalized spacial score (nSPS) is 11.9. The predicted octanol–water partition coefficient (Wildman–Crippen LogP) is 5.54. The Morgan fingerprint density at radius 3 is 2.07 bits per heavy atom. The molecule has 0 bridgehead atoms. The van der Waals surface area contributed by atoms with Gasteiger partial charge in [-0.15, -0.1) is 0 Å². The molecule has 1 atom stereocenters. The molecule has 0 aliphatic rings. The Labute approximate surface area is 257 Å². The van der Waals surface area contributed by atoms with Gasteiger partial charge in [-0.3, -0.25) is 13.9 Å². The minimum absolute atomic E-state index is 0.0588. The second-order valence-corrected chi connectivity index (χ2v) is 12.2. The largest absolute Gasteiger partial charge is 0.493 e. The van der Waals surface area contributed by atoms with Crippen molar-refractivity contribution in [2.75, 3.05) is 31.6 Å². The van der Waals surface area contributed by atoms with Gasteiger partial charge in [0.2, 0.25) is 11.8 Å². The van der Waals surface area contributed by atoms with Crippen molar-refractivity contribution in [3.05, 3.63) is 82.3 Å². The van der Waals surface area contributed by atoms with Gasteiger partial charge in [0.05, 0.1) is 24.8 Å². The van der Waals surface area contributed by atoms with Crippen LogP contribution in [-0.2, 0) is 26.2 Å². The number of rotatable bonds is 14. The molecule has 1 N–H and O–H groups in total. The molecule has 3 aromatic carbocycles. The van der Waals surface area contributed by atoms with Gasteiger partial charge in [0, 0.05) is 29.2 Å². The number of amides is 2. The molecule has 0 unspecified atom stereocenters. The number of ether oxygens (including phenoxy) is 2. The molecule has 0 spiro atoms. The number of methoxy groups -OCH3 is 2. The summed E-state index contributed by atoms with van der Waals surface area (Å²) in [6.45, 7) is 3.57. The van der Waals surface area contributed by atoms with E-state index in [4.69, 9.17) is 32.7 Å². The summed E-state index contributed by atoms with van der Waals surface area (Å²) in [6.07, 6.45) is 1.68. The lowest BCUT2D eigenvalue weighted by Gasteiger charge is -2.32.